The first kappa shape index (κ1) is 20.9. The molecule has 0 aromatic carbocycles. The van der Waals surface area contributed by atoms with Gasteiger partial charge in [0.2, 0.25) is 0 Å². The van der Waals surface area contributed by atoms with Gasteiger partial charge in [-0.05, 0) is 27.7 Å². The molecule has 0 amide bonds. The molecule has 0 spiro atoms. The smallest absolute Gasteiger partial charge is 0.0465 e. The van der Waals surface area contributed by atoms with Crippen molar-refractivity contribution in [2.45, 2.75) is 27.7 Å². The molecule has 0 bridgehead atoms. The van der Waals surface area contributed by atoms with Crippen LogP contribution >= 0.6 is 0 Å². The molecule has 0 N–H and O–H groups in total. The van der Waals surface area contributed by atoms with Crippen molar-refractivity contribution in [1.82, 2.24) is 0 Å². The maximum absolute atomic E-state index is 9.60. The van der Waals surface area contributed by atoms with Crippen molar-refractivity contribution in [3.05, 3.63) is 20.8 Å². The number of rotatable bonds is 2. The molecule has 0 aliphatic carbocycles. The van der Waals surface area contributed by atoms with Crippen molar-refractivity contribution in [3.8, 4) is 0 Å². The summed E-state index contributed by atoms with van der Waals surface area (Å²) in [6.07, 6.45) is 0. The van der Waals surface area contributed by atoms with E-state index in [1.54, 1.807) is 0 Å². The summed E-state index contributed by atoms with van der Waals surface area (Å²) in [5.41, 5.74) is 0.556. The molecule has 8 nitrogen and oxygen atoms in total. The Labute approximate surface area is 113 Å². The molecule has 0 aliphatic rings. The first-order chi connectivity index (χ1) is 7.44. The minimum atomic E-state index is 0. The van der Waals surface area contributed by atoms with Gasteiger partial charge in [0.05, 0.1) is 0 Å². The number of hydrogen-bond acceptors (Lipinski definition) is 8. The van der Waals surface area contributed by atoms with Gasteiger partial charge in [0.15, 0.2) is 0 Å². The van der Waals surface area contributed by atoms with E-state index in [0.717, 1.165) is 0 Å². The fraction of sp³-hybridized carbons (Fsp3) is 0.500. The van der Waals surface area contributed by atoms with Crippen LogP contribution in [0.1, 0.15) is 27.7 Å². The van der Waals surface area contributed by atoms with Crippen molar-refractivity contribution >= 4 is 22.8 Å². The van der Waals surface area contributed by atoms with Crippen LogP contribution in [0.25, 0.3) is 0 Å². The zero-order chi connectivity index (χ0) is 13.1. The van der Waals surface area contributed by atoms with Gasteiger partial charge in [0.25, 0.3) is 0 Å². The van der Waals surface area contributed by atoms with Crippen molar-refractivity contribution in [2.75, 3.05) is 0 Å². The van der Waals surface area contributed by atoms with E-state index in [2.05, 4.69) is 20.6 Å². The zero-order valence-corrected chi connectivity index (χ0v) is 11.3. The average Bonchev–Trinajstić information content (AvgIpc) is 2.35. The summed E-state index contributed by atoms with van der Waals surface area (Å²) in [5, 5.41) is 48.4. The topological polar surface area (TPSA) is 142 Å². The Kier molecular flexibility index (Phi) is 15.5. The van der Waals surface area contributed by atoms with Crippen LogP contribution in [0.3, 0.4) is 0 Å². The third kappa shape index (κ3) is 10.8. The second-order valence-electron chi connectivity index (χ2n) is 2.71. The first-order valence-electron chi connectivity index (χ1n) is 4.12. The molecule has 0 unspecified atom stereocenters. The molecule has 0 radical (unpaired) electrons. The Morgan fingerprint density at radius 2 is 0.647 bits per heavy atom. The molecule has 0 rings (SSSR count). The van der Waals surface area contributed by atoms with Gasteiger partial charge in [-0.3, -0.25) is 0 Å². The maximum Gasteiger partial charge on any atom is 0.0465 e. The molecule has 0 aromatic heterocycles. The van der Waals surface area contributed by atoms with E-state index in [0.29, 0.717) is 0 Å². The van der Waals surface area contributed by atoms with Crippen LogP contribution in [0.5, 0.6) is 0 Å². The number of hydrogen-bond donors (Lipinski definition) is 0. The van der Waals surface area contributed by atoms with Gasteiger partial charge in [0, 0.05) is 43.3 Å². The molecular weight excluding hydrogens is 323 g/mol. The minimum absolute atomic E-state index is 0. The summed E-state index contributed by atoms with van der Waals surface area (Å²) in [7, 11) is 0. The summed E-state index contributed by atoms with van der Waals surface area (Å²) >= 11 is 0. The third-order valence-corrected chi connectivity index (χ3v) is 1.59. The van der Waals surface area contributed by atoms with Crippen molar-refractivity contribution in [3.63, 3.8) is 0 Å². The predicted molar refractivity (Wildman–Crippen MR) is 65.9 cm³/mol. The van der Waals surface area contributed by atoms with E-state index >= 15 is 0 Å². The molecule has 0 saturated carbocycles. The third-order valence-electron chi connectivity index (χ3n) is 1.59. The molecule has 9 heteroatoms. The summed E-state index contributed by atoms with van der Waals surface area (Å²) in [6.45, 7) is 5.74. The van der Waals surface area contributed by atoms with E-state index in [4.69, 9.17) is 0 Å². The van der Waals surface area contributed by atoms with Crippen LogP contribution in [0.15, 0.2) is 20.6 Å². The van der Waals surface area contributed by atoms with Gasteiger partial charge >= 0.3 is 0 Å². The Morgan fingerprint density at radius 1 is 0.529 bits per heavy atom. The molecule has 102 valence electrons. The fourth-order valence-corrected chi connectivity index (χ4v) is 0.264. The summed E-state index contributed by atoms with van der Waals surface area (Å²) in [4.78, 5) is 0. The SMILES string of the molecule is CC(=N[O-])C(C)=N[O-].CC(=N[O-])C(C)=N[O-].[Pd]. The van der Waals surface area contributed by atoms with Gasteiger partial charge in [-0.25, -0.2) is 0 Å². The zero-order valence-electron chi connectivity index (χ0n) is 9.74. The van der Waals surface area contributed by atoms with Gasteiger partial charge in [0.1, 0.15) is 0 Å². The van der Waals surface area contributed by atoms with Crippen LogP contribution < -0.4 is 0 Å². The average molecular weight is 335 g/mol. The van der Waals surface area contributed by atoms with Crippen molar-refractivity contribution < 1.29 is 20.4 Å². The summed E-state index contributed by atoms with van der Waals surface area (Å²) in [6, 6.07) is 0. The molecule has 0 atom stereocenters. The monoisotopic (exact) mass is 334 g/mol. The van der Waals surface area contributed by atoms with Crippen LogP contribution in [0.2, 0.25) is 0 Å². The Morgan fingerprint density at radius 3 is 0.706 bits per heavy atom. The quantitative estimate of drug-likeness (QED) is 0.431. The van der Waals surface area contributed by atoms with Crippen LogP contribution in [-0.4, -0.2) is 22.8 Å². The minimum Gasteiger partial charge on any atom is -0.792 e. The Bertz CT molecular complexity index is 261. The Hall–Kier alpha value is -1.46. The molecule has 0 aromatic rings. The van der Waals surface area contributed by atoms with Crippen LogP contribution in [0, 0.1) is 20.8 Å². The molecular formula is C8H12N4O4Pd-4. The van der Waals surface area contributed by atoms with Gasteiger partial charge in [-0.2, -0.15) is 0 Å². The second-order valence-corrected chi connectivity index (χ2v) is 2.71. The van der Waals surface area contributed by atoms with E-state index in [9.17, 15) is 20.8 Å². The summed E-state index contributed by atoms with van der Waals surface area (Å²) in [5.74, 6) is 0. The summed E-state index contributed by atoms with van der Waals surface area (Å²) < 4.78 is 0. The first-order valence-corrected chi connectivity index (χ1v) is 4.12. The largest absolute Gasteiger partial charge is 0.792 e. The van der Waals surface area contributed by atoms with Crippen LogP contribution in [0.4, 0.5) is 0 Å². The van der Waals surface area contributed by atoms with Gasteiger partial charge in [-0.15, -0.1) is 0 Å². The Balaban J connectivity index is -0.000000218. The van der Waals surface area contributed by atoms with Crippen LogP contribution in [-0.2, 0) is 20.4 Å². The van der Waals surface area contributed by atoms with Crippen molar-refractivity contribution in [2.24, 2.45) is 20.6 Å². The van der Waals surface area contributed by atoms with E-state index in [-0.39, 0.29) is 43.3 Å². The molecule has 17 heavy (non-hydrogen) atoms. The number of nitrogens with zero attached hydrogens (tertiary/aromatic N) is 4. The van der Waals surface area contributed by atoms with E-state index in [1.807, 2.05) is 0 Å². The van der Waals surface area contributed by atoms with Gasteiger partial charge in [-0.1, -0.05) is 0 Å². The maximum atomic E-state index is 9.60. The van der Waals surface area contributed by atoms with E-state index < -0.39 is 0 Å². The second kappa shape index (κ2) is 12.6. The predicted octanol–water partition coefficient (Wildman–Crippen LogP) is 1.81. The van der Waals surface area contributed by atoms with Gasteiger partial charge < -0.3 is 41.5 Å². The van der Waals surface area contributed by atoms with Crippen molar-refractivity contribution in [1.29, 1.82) is 0 Å². The molecule has 0 heterocycles. The normalized spacial score (nSPS) is 13.4. The molecule has 0 fully saturated rings. The standard InChI is InChI=1S/2C4H8N2O2.Pd/c2*1-3(5-7)4(2)6-8;/h2*7-8H,1-2H3;/p-4. The fourth-order valence-electron chi connectivity index (χ4n) is 0.264. The molecule has 0 aliphatic heterocycles. The molecule has 0 saturated heterocycles. The van der Waals surface area contributed by atoms with E-state index in [1.165, 1.54) is 27.7 Å².